The summed E-state index contributed by atoms with van der Waals surface area (Å²) in [6, 6.07) is 7.19. The Balaban J connectivity index is 1.26. The van der Waals surface area contributed by atoms with Crippen molar-refractivity contribution in [3.63, 3.8) is 0 Å². The zero-order valence-electron chi connectivity index (χ0n) is 20.3. The van der Waals surface area contributed by atoms with Crippen LogP contribution in [0.5, 0.6) is 11.5 Å². The quantitative estimate of drug-likeness (QED) is 0.202. The second kappa shape index (κ2) is 10.5. The molecule has 1 aromatic heterocycles. The van der Waals surface area contributed by atoms with Gasteiger partial charge in [0.05, 0.1) is 16.6 Å². The van der Waals surface area contributed by atoms with Crippen LogP contribution in [-0.2, 0) is 16.0 Å². The molecular weight excluding hydrogens is 497 g/mol. The minimum absolute atomic E-state index is 0.0387. The number of nitro benzene ring substituents is 1. The highest BCUT2D eigenvalue weighted by Gasteiger charge is 2.40. The minimum Gasteiger partial charge on any atom is -0.454 e. The number of carbonyl (C=O) groups is 2. The lowest BCUT2D eigenvalue weighted by molar-refractivity contribution is -0.385. The molecule has 0 aliphatic carbocycles. The third-order valence-electron chi connectivity index (χ3n) is 6.80. The van der Waals surface area contributed by atoms with E-state index in [1.165, 1.54) is 36.4 Å². The van der Waals surface area contributed by atoms with Gasteiger partial charge < -0.3 is 30.4 Å². The van der Waals surface area contributed by atoms with Crippen molar-refractivity contribution >= 4 is 34.5 Å². The Morgan fingerprint density at radius 3 is 2.68 bits per heavy atom. The van der Waals surface area contributed by atoms with Gasteiger partial charge in [-0.2, -0.15) is 0 Å². The largest absolute Gasteiger partial charge is 0.454 e. The van der Waals surface area contributed by atoms with Gasteiger partial charge in [0, 0.05) is 29.7 Å². The maximum Gasteiger partial charge on any atom is 0.280 e. The number of benzene rings is 2. The fraction of sp³-hybridized carbons (Fsp3) is 0.308. The lowest BCUT2D eigenvalue weighted by atomic mass is 9.87. The summed E-state index contributed by atoms with van der Waals surface area (Å²) in [5.41, 5.74) is 0.485. The molecule has 2 amide bonds. The number of fused-ring (bicyclic) bond motifs is 2. The van der Waals surface area contributed by atoms with Gasteiger partial charge in [-0.3, -0.25) is 19.7 Å². The first kappa shape index (κ1) is 25.2. The summed E-state index contributed by atoms with van der Waals surface area (Å²) in [4.78, 5) is 40.2. The lowest BCUT2D eigenvalue weighted by Gasteiger charge is -2.36. The van der Waals surface area contributed by atoms with Gasteiger partial charge in [0.2, 0.25) is 18.6 Å². The Morgan fingerprint density at radius 2 is 1.92 bits per heavy atom. The van der Waals surface area contributed by atoms with E-state index in [4.69, 9.17) is 9.47 Å². The summed E-state index contributed by atoms with van der Waals surface area (Å²) in [7, 11) is 0. The number of hydrogen-bond acceptors (Lipinski definition) is 7. The molecule has 12 heteroatoms. The first-order valence-electron chi connectivity index (χ1n) is 12.2. The van der Waals surface area contributed by atoms with Crippen molar-refractivity contribution in [3.8, 4) is 11.5 Å². The molecule has 1 saturated heterocycles. The SMILES string of the molecule is O=C(/C=C/c1cc2c(cc1[N+](=O)[O-])OCO2)NC1(C(=O)NCCc2c[nH]c3ccc(F)cc23)CCNCC1. The van der Waals surface area contributed by atoms with Crippen molar-refractivity contribution in [2.45, 2.75) is 24.8 Å². The van der Waals surface area contributed by atoms with Gasteiger partial charge in [-0.15, -0.1) is 0 Å². The van der Waals surface area contributed by atoms with E-state index in [1.54, 1.807) is 12.3 Å². The van der Waals surface area contributed by atoms with E-state index in [-0.39, 0.29) is 35.5 Å². The van der Waals surface area contributed by atoms with Crippen LogP contribution >= 0.6 is 0 Å². The molecule has 11 nitrogen and oxygen atoms in total. The van der Waals surface area contributed by atoms with Crippen LogP contribution in [0.1, 0.15) is 24.0 Å². The summed E-state index contributed by atoms with van der Waals surface area (Å²) in [5.74, 6) is -0.593. The number of amides is 2. The van der Waals surface area contributed by atoms with Gasteiger partial charge in [-0.1, -0.05) is 0 Å². The molecule has 0 radical (unpaired) electrons. The fourth-order valence-corrected chi connectivity index (χ4v) is 4.78. The van der Waals surface area contributed by atoms with E-state index < -0.39 is 16.4 Å². The maximum absolute atomic E-state index is 13.7. The molecule has 38 heavy (non-hydrogen) atoms. The van der Waals surface area contributed by atoms with Crippen molar-refractivity contribution < 1.29 is 28.4 Å². The van der Waals surface area contributed by atoms with Crippen LogP contribution in [0, 0.1) is 15.9 Å². The summed E-state index contributed by atoms with van der Waals surface area (Å²) in [6.07, 6.45) is 5.51. The van der Waals surface area contributed by atoms with E-state index in [9.17, 15) is 24.1 Å². The van der Waals surface area contributed by atoms with E-state index >= 15 is 0 Å². The number of halogens is 1. The monoisotopic (exact) mass is 523 g/mol. The number of piperidine rings is 1. The molecule has 0 saturated carbocycles. The predicted molar refractivity (Wildman–Crippen MR) is 136 cm³/mol. The fourth-order valence-electron chi connectivity index (χ4n) is 4.78. The second-order valence-corrected chi connectivity index (χ2v) is 9.19. The lowest BCUT2D eigenvalue weighted by Crippen LogP contribution is -2.62. The summed E-state index contributed by atoms with van der Waals surface area (Å²) >= 11 is 0. The Hall–Kier alpha value is -4.45. The predicted octanol–water partition coefficient (Wildman–Crippen LogP) is 2.55. The van der Waals surface area contributed by atoms with Crippen molar-refractivity contribution in [1.29, 1.82) is 0 Å². The molecule has 4 N–H and O–H groups in total. The molecule has 0 bridgehead atoms. The van der Waals surface area contributed by atoms with E-state index in [0.717, 1.165) is 16.5 Å². The average Bonchev–Trinajstić information content (AvgIpc) is 3.53. The Labute approximate surface area is 216 Å². The highest BCUT2D eigenvalue weighted by molar-refractivity contribution is 5.98. The third-order valence-corrected chi connectivity index (χ3v) is 6.80. The number of nitrogens with one attached hydrogen (secondary N) is 4. The molecule has 0 spiro atoms. The molecule has 1 fully saturated rings. The molecule has 2 aliphatic heterocycles. The number of aromatic amines is 1. The molecule has 3 aromatic rings. The zero-order chi connectivity index (χ0) is 26.7. The molecule has 0 unspecified atom stereocenters. The average molecular weight is 524 g/mol. The third kappa shape index (κ3) is 5.16. The number of rotatable bonds is 8. The van der Waals surface area contributed by atoms with Crippen LogP contribution in [0.15, 0.2) is 42.6 Å². The highest BCUT2D eigenvalue weighted by Crippen LogP contribution is 2.38. The molecular formula is C26H26FN5O6. The molecule has 2 aliphatic rings. The number of aromatic nitrogens is 1. The smallest absolute Gasteiger partial charge is 0.280 e. The van der Waals surface area contributed by atoms with E-state index in [2.05, 4.69) is 20.9 Å². The second-order valence-electron chi connectivity index (χ2n) is 9.19. The number of hydrogen-bond donors (Lipinski definition) is 4. The summed E-state index contributed by atoms with van der Waals surface area (Å²) in [5, 5.41) is 21.2. The Kier molecular flexibility index (Phi) is 6.97. The van der Waals surface area contributed by atoms with Gasteiger partial charge in [0.25, 0.3) is 5.69 Å². The van der Waals surface area contributed by atoms with Crippen LogP contribution < -0.4 is 25.4 Å². The number of ether oxygens (including phenoxy) is 2. The van der Waals surface area contributed by atoms with Crippen LogP contribution in [0.3, 0.4) is 0 Å². The van der Waals surface area contributed by atoms with Crippen LogP contribution in [0.2, 0.25) is 0 Å². The number of nitro groups is 1. The molecule has 2 aromatic carbocycles. The van der Waals surface area contributed by atoms with Crippen LogP contribution in [0.4, 0.5) is 10.1 Å². The van der Waals surface area contributed by atoms with E-state index in [1.807, 2.05) is 0 Å². The number of carbonyl (C=O) groups excluding carboxylic acids is 2. The van der Waals surface area contributed by atoms with Gasteiger partial charge in [-0.25, -0.2) is 4.39 Å². The topological polar surface area (TPSA) is 148 Å². The maximum atomic E-state index is 13.7. The van der Waals surface area contributed by atoms with Gasteiger partial charge in [-0.05, 0) is 68.3 Å². The van der Waals surface area contributed by atoms with Crippen molar-refractivity contribution in [2.75, 3.05) is 26.4 Å². The van der Waals surface area contributed by atoms with E-state index in [0.29, 0.717) is 44.6 Å². The molecule has 5 rings (SSSR count). The summed E-state index contributed by atoms with van der Waals surface area (Å²) in [6.45, 7) is 1.33. The van der Waals surface area contributed by atoms with Gasteiger partial charge in [0.15, 0.2) is 11.5 Å². The molecule has 3 heterocycles. The molecule has 198 valence electrons. The zero-order valence-corrected chi connectivity index (χ0v) is 20.3. The number of nitrogens with zero attached hydrogens (tertiary/aromatic N) is 1. The normalized spacial score (nSPS) is 16.0. The highest BCUT2D eigenvalue weighted by atomic mass is 19.1. The first-order valence-corrected chi connectivity index (χ1v) is 12.2. The van der Waals surface area contributed by atoms with Crippen LogP contribution in [-0.4, -0.2) is 53.7 Å². The van der Waals surface area contributed by atoms with Crippen molar-refractivity contribution in [2.24, 2.45) is 0 Å². The van der Waals surface area contributed by atoms with Crippen LogP contribution in [0.25, 0.3) is 17.0 Å². The van der Waals surface area contributed by atoms with Crippen molar-refractivity contribution in [3.05, 3.63) is 69.7 Å². The molecule has 0 atom stereocenters. The van der Waals surface area contributed by atoms with Gasteiger partial charge in [0.1, 0.15) is 11.4 Å². The first-order chi connectivity index (χ1) is 18.3. The van der Waals surface area contributed by atoms with Gasteiger partial charge >= 0.3 is 0 Å². The minimum atomic E-state index is -1.14. The Morgan fingerprint density at radius 1 is 1.16 bits per heavy atom. The summed E-state index contributed by atoms with van der Waals surface area (Å²) < 4.78 is 24.1. The standard InChI is InChI=1S/C26H26FN5O6/c27-18-2-3-20-19(12-18)17(14-30-20)5-8-29-25(34)26(6-9-28-10-7-26)31-24(33)4-1-16-11-22-23(38-15-37-22)13-21(16)32(35)36/h1-4,11-14,28,30H,5-10,15H2,(H,29,34)(H,31,33)/b4-1+. The number of H-pyrrole nitrogens is 1. The Bertz CT molecular complexity index is 1430. The van der Waals surface area contributed by atoms with Crippen molar-refractivity contribution in [1.82, 2.24) is 20.9 Å².